The van der Waals surface area contributed by atoms with Crippen LogP contribution >= 0.6 is 0 Å². The highest BCUT2D eigenvalue weighted by Gasteiger charge is 2.40. The number of aliphatic imine (C=N–C) groups is 1. The van der Waals surface area contributed by atoms with E-state index in [2.05, 4.69) is 4.99 Å². The van der Waals surface area contributed by atoms with Gasteiger partial charge < -0.3 is 10.6 Å². The van der Waals surface area contributed by atoms with Gasteiger partial charge in [0.05, 0.1) is 1.37 Å². The second-order valence-corrected chi connectivity index (χ2v) is 2.44. The van der Waals surface area contributed by atoms with Crippen LogP contribution in [0.1, 0.15) is 1.37 Å². The Morgan fingerprint density at radius 1 is 1.54 bits per heavy atom. The van der Waals surface area contributed by atoms with Gasteiger partial charge in [-0.1, -0.05) is 0 Å². The molecular weight excluding hydrogens is 176 g/mol. The third-order valence-corrected chi connectivity index (χ3v) is 1.62. The predicted molar refractivity (Wildman–Crippen MR) is 41.1 cm³/mol. The SMILES string of the molecule is [2H]N1C(=O)N=C2C(=O)N(C)C(=O)N([2H])C21[2H]. The number of nitrogens with zero attached hydrogens (tertiary/aromatic N) is 2. The third-order valence-electron chi connectivity index (χ3n) is 1.62. The Hall–Kier alpha value is -1.92. The number of carbonyl (C=O) groups excluding carboxylic acids is 3. The average molecular weight is 185 g/mol. The molecule has 5 amide bonds. The van der Waals surface area contributed by atoms with E-state index in [0.29, 0.717) is 4.90 Å². The quantitative estimate of drug-likeness (QED) is 0.489. The number of rotatable bonds is 0. The number of hydrogen-bond donors (Lipinski definition) is 2. The number of nitrogens with one attached hydrogen (secondary N) is 2. The first kappa shape index (κ1) is 4.95. The lowest BCUT2D eigenvalue weighted by Gasteiger charge is -2.26. The van der Waals surface area contributed by atoms with Crippen LogP contribution in [0, 0.1) is 0 Å². The van der Waals surface area contributed by atoms with E-state index in [1.807, 2.05) is 0 Å². The van der Waals surface area contributed by atoms with Crippen molar-refractivity contribution in [3.05, 3.63) is 0 Å². The van der Waals surface area contributed by atoms with Crippen molar-refractivity contribution >= 4 is 23.7 Å². The molecule has 0 bridgehead atoms. The van der Waals surface area contributed by atoms with Gasteiger partial charge in [0.25, 0.3) is 5.91 Å². The van der Waals surface area contributed by atoms with E-state index in [4.69, 9.17) is 4.19 Å². The first-order valence-corrected chi connectivity index (χ1v) is 3.35. The highest BCUT2D eigenvalue weighted by molar-refractivity contribution is 6.47. The largest absolute Gasteiger partial charge is 0.343 e. The van der Waals surface area contributed by atoms with Crippen LogP contribution in [0.3, 0.4) is 0 Å². The van der Waals surface area contributed by atoms with Crippen molar-refractivity contribution in [3.63, 3.8) is 0 Å². The summed E-state index contributed by atoms with van der Waals surface area (Å²) in [5.41, 5.74) is -0.621. The summed E-state index contributed by atoms with van der Waals surface area (Å²) < 4.78 is 22.3. The van der Waals surface area contributed by atoms with Crippen LogP contribution < -0.4 is 10.6 Å². The standard InChI is InChI=1S/C6H6N4O3/c1-10-4(11)2-3(9-6(10)13)8-5(12)7-2/h3H,1H3,(H,8,12)(H,9,13)/i3D/hD2. The van der Waals surface area contributed by atoms with Gasteiger partial charge >= 0.3 is 12.1 Å². The summed E-state index contributed by atoms with van der Waals surface area (Å²) in [7, 11) is 1.10. The molecule has 1 fully saturated rings. The molecule has 2 heterocycles. The normalized spacial score (nSPS) is 37.0. The molecule has 1 atom stereocenters. The van der Waals surface area contributed by atoms with Gasteiger partial charge in [-0.2, -0.15) is 4.99 Å². The highest BCUT2D eigenvalue weighted by Crippen LogP contribution is 2.06. The molecule has 2 rings (SSSR count). The minimum absolute atomic E-state index is 0.0120. The smallest absolute Gasteiger partial charge is 0.312 e. The average Bonchev–Trinajstić information content (AvgIpc) is 2.49. The van der Waals surface area contributed by atoms with E-state index < -0.39 is 29.8 Å². The molecule has 0 radical (unpaired) electrons. The monoisotopic (exact) mass is 185 g/mol. The molecule has 2 aliphatic heterocycles. The van der Waals surface area contributed by atoms with E-state index in [0.717, 1.165) is 7.05 Å². The van der Waals surface area contributed by atoms with E-state index in [-0.39, 0.29) is 10.6 Å². The van der Waals surface area contributed by atoms with E-state index in [1.54, 1.807) is 0 Å². The highest BCUT2D eigenvalue weighted by atomic mass is 16.2. The topological polar surface area (TPSA) is 90.9 Å². The number of imide groups is 1. The van der Waals surface area contributed by atoms with Crippen LogP contribution in [0.25, 0.3) is 0 Å². The van der Waals surface area contributed by atoms with Crippen molar-refractivity contribution in [2.45, 2.75) is 6.14 Å². The summed E-state index contributed by atoms with van der Waals surface area (Å²) in [4.78, 5) is 37.8. The van der Waals surface area contributed by atoms with Crippen LogP contribution in [0.15, 0.2) is 4.99 Å². The molecule has 2 aliphatic rings. The van der Waals surface area contributed by atoms with Crippen molar-refractivity contribution in [1.29, 1.82) is 0 Å². The molecule has 0 aromatic carbocycles. The molecule has 0 spiro atoms. The number of hydrogen-bond acceptors (Lipinski definition) is 3. The Kier molecular flexibility index (Phi) is 0.869. The Morgan fingerprint density at radius 3 is 2.92 bits per heavy atom. The van der Waals surface area contributed by atoms with Gasteiger partial charge in [-0.3, -0.25) is 9.69 Å². The molecule has 68 valence electrons. The molecule has 13 heavy (non-hydrogen) atoms. The van der Waals surface area contributed by atoms with Crippen molar-refractivity contribution in [2.75, 3.05) is 7.05 Å². The summed E-state index contributed by atoms with van der Waals surface area (Å²) >= 11 is 0. The van der Waals surface area contributed by atoms with Crippen molar-refractivity contribution in [1.82, 2.24) is 15.5 Å². The second-order valence-electron chi connectivity index (χ2n) is 2.44. The van der Waals surface area contributed by atoms with Gasteiger partial charge in [0.1, 0.15) is 0 Å². The van der Waals surface area contributed by atoms with E-state index in [9.17, 15) is 14.4 Å². The summed E-state index contributed by atoms with van der Waals surface area (Å²) in [6.07, 6.45) is -2.49. The Bertz CT molecular complexity index is 452. The lowest BCUT2D eigenvalue weighted by Crippen LogP contribution is -2.61. The molecule has 7 heteroatoms. The molecule has 0 aromatic rings. The lowest BCUT2D eigenvalue weighted by atomic mass is 10.2. The minimum Gasteiger partial charge on any atom is -0.312 e. The number of carbonyl (C=O) groups is 3. The second kappa shape index (κ2) is 2.28. The van der Waals surface area contributed by atoms with Crippen molar-refractivity contribution in [3.8, 4) is 0 Å². The van der Waals surface area contributed by atoms with E-state index >= 15 is 0 Å². The first-order valence-electron chi connectivity index (χ1n) is 4.74. The molecule has 2 N–H and O–H groups in total. The van der Waals surface area contributed by atoms with Crippen LogP contribution in [0.2, 0.25) is 2.82 Å². The first-order chi connectivity index (χ1) is 7.31. The number of urea groups is 2. The third kappa shape index (κ3) is 0.968. The maximum Gasteiger partial charge on any atom is 0.343 e. The maximum absolute atomic E-state index is 11.5. The fourth-order valence-electron chi connectivity index (χ4n) is 0.947. The Balaban J connectivity index is 2.60. The van der Waals surface area contributed by atoms with Crippen LogP contribution in [-0.4, -0.2) is 41.8 Å². The molecule has 0 aromatic heterocycles. The van der Waals surface area contributed by atoms with Gasteiger partial charge in [0.2, 0.25) is 0 Å². The van der Waals surface area contributed by atoms with Gasteiger partial charge in [0, 0.05) is 7.05 Å². The van der Waals surface area contributed by atoms with Gasteiger partial charge in [-0.25, -0.2) is 9.59 Å². The molecular formula is C6H6N4O3. The van der Waals surface area contributed by atoms with Gasteiger partial charge in [0.15, 0.2) is 14.7 Å². The zero-order valence-corrected chi connectivity index (χ0v) is 6.51. The molecule has 0 aliphatic carbocycles. The fourth-order valence-corrected chi connectivity index (χ4v) is 0.947. The summed E-state index contributed by atoms with van der Waals surface area (Å²) in [5, 5.41) is 0.0727. The lowest BCUT2D eigenvalue weighted by molar-refractivity contribution is -0.121. The van der Waals surface area contributed by atoms with Gasteiger partial charge in [-0.05, 0) is 0 Å². The Morgan fingerprint density at radius 2 is 2.23 bits per heavy atom. The molecule has 1 unspecified atom stereocenters. The number of fused-ring (bicyclic) bond motifs is 1. The minimum atomic E-state index is -2.49. The van der Waals surface area contributed by atoms with E-state index in [1.165, 1.54) is 0 Å². The van der Waals surface area contributed by atoms with Crippen LogP contribution in [0.5, 0.6) is 0 Å². The maximum atomic E-state index is 11.5. The summed E-state index contributed by atoms with van der Waals surface area (Å²) in [6, 6.07) is -2.25. The van der Waals surface area contributed by atoms with Gasteiger partial charge in [-0.15, -0.1) is 0 Å². The molecule has 1 saturated heterocycles. The summed E-state index contributed by atoms with van der Waals surface area (Å²) in [5.74, 6) is -0.952. The Labute approximate surface area is 77.1 Å². The number of amides is 5. The molecule has 7 nitrogen and oxygen atoms in total. The summed E-state index contributed by atoms with van der Waals surface area (Å²) in [6.45, 7) is 0. The predicted octanol–water partition coefficient (Wildman–Crippen LogP) is -1.34. The molecule has 0 saturated carbocycles. The fraction of sp³-hybridized carbons (Fsp3) is 0.333. The van der Waals surface area contributed by atoms with Crippen molar-refractivity contribution < 1.29 is 18.6 Å². The van der Waals surface area contributed by atoms with Crippen LogP contribution in [0.4, 0.5) is 9.59 Å². The zero-order valence-electron chi connectivity index (χ0n) is 9.51. The van der Waals surface area contributed by atoms with Crippen LogP contribution in [-0.2, 0) is 4.79 Å². The van der Waals surface area contributed by atoms with Crippen molar-refractivity contribution in [2.24, 2.45) is 4.99 Å². The zero-order chi connectivity index (χ0) is 12.2.